The molecule has 4 bridgehead atoms. The number of hydrogen-bond donors (Lipinski definition) is 1. The fourth-order valence-electron chi connectivity index (χ4n) is 6.21. The standard InChI is InChI=1S/C23H29N3O4/c1-28-19-4-3-5-20(29-2)21(19)30-14-26-7-6-18(25-26)22(27)24-23-11-15-8-16(12-23)10-17(9-15)13-23/h3-7,15-17H,8-14H2,1-2H3,(H,24,27). The third-order valence-corrected chi connectivity index (χ3v) is 7.01. The van der Waals surface area contributed by atoms with E-state index in [-0.39, 0.29) is 18.2 Å². The third kappa shape index (κ3) is 3.50. The van der Waals surface area contributed by atoms with Gasteiger partial charge in [0.1, 0.15) is 5.69 Å². The number of para-hydroxylation sites is 1. The lowest BCUT2D eigenvalue weighted by molar-refractivity contribution is -0.0168. The first kappa shape index (κ1) is 19.3. The van der Waals surface area contributed by atoms with Crippen LogP contribution in [0.15, 0.2) is 30.5 Å². The topological polar surface area (TPSA) is 74.6 Å². The first-order valence-corrected chi connectivity index (χ1v) is 10.8. The minimum absolute atomic E-state index is 0.0170. The van der Waals surface area contributed by atoms with Crippen LogP contribution in [0.25, 0.3) is 0 Å². The second kappa shape index (κ2) is 7.52. The molecule has 7 heteroatoms. The van der Waals surface area contributed by atoms with Crippen molar-refractivity contribution in [2.24, 2.45) is 17.8 Å². The van der Waals surface area contributed by atoms with E-state index < -0.39 is 0 Å². The number of methoxy groups -OCH3 is 2. The molecule has 2 aromatic rings. The Kier molecular flexibility index (Phi) is 4.83. The second-order valence-electron chi connectivity index (χ2n) is 9.16. The number of nitrogens with one attached hydrogen (secondary N) is 1. The summed E-state index contributed by atoms with van der Waals surface area (Å²) in [5.41, 5.74) is 0.415. The molecular weight excluding hydrogens is 382 g/mol. The summed E-state index contributed by atoms with van der Waals surface area (Å²) in [7, 11) is 3.17. The molecule has 1 aromatic carbocycles. The Morgan fingerprint density at radius 1 is 1.07 bits per heavy atom. The maximum absolute atomic E-state index is 12.9. The van der Waals surface area contributed by atoms with Crippen molar-refractivity contribution < 1.29 is 19.0 Å². The van der Waals surface area contributed by atoms with Gasteiger partial charge in [-0.3, -0.25) is 4.79 Å². The maximum atomic E-state index is 12.9. The van der Waals surface area contributed by atoms with E-state index in [1.165, 1.54) is 19.3 Å². The molecule has 0 spiro atoms. The van der Waals surface area contributed by atoms with Gasteiger partial charge >= 0.3 is 0 Å². The fourth-order valence-corrected chi connectivity index (χ4v) is 6.21. The molecule has 1 amide bonds. The van der Waals surface area contributed by atoms with Gasteiger partial charge in [0.05, 0.1) is 14.2 Å². The monoisotopic (exact) mass is 411 g/mol. The molecule has 0 saturated heterocycles. The molecule has 4 aliphatic carbocycles. The van der Waals surface area contributed by atoms with Crippen LogP contribution in [0.2, 0.25) is 0 Å². The zero-order chi connectivity index (χ0) is 20.7. The Hall–Kier alpha value is -2.70. The summed E-state index contributed by atoms with van der Waals surface area (Å²) in [6, 6.07) is 7.21. The fraction of sp³-hybridized carbons (Fsp3) is 0.565. The number of hydrogen-bond acceptors (Lipinski definition) is 5. The van der Waals surface area contributed by atoms with Crippen LogP contribution in [0.1, 0.15) is 49.0 Å². The lowest BCUT2D eigenvalue weighted by Gasteiger charge is -2.56. The highest BCUT2D eigenvalue weighted by Gasteiger charge is 2.51. The number of aromatic nitrogens is 2. The van der Waals surface area contributed by atoms with Crippen molar-refractivity contribution in [3.63, 3.8) is 0 Å². The number of ether oxygens (including phenoxy) is 3. The van der Waals surface area contributed by atoms with E-state index in [9.17, 15) is 4.79 Å². The van der Waals surface area contributed by atoms with Crippen LogP contribution in [0.5, 0.6) is 17.2 Å². The Bertz CT molecular complexity index is 881. The normalized spacial score (nSPS) is 28.9. The van der Waals surface area contributed by atoms with Crippen LogP contribution >= 0.6 is 0 Å². The number of carbonyl (C=O) groups excluding carboxylic acids is 1. The van der Waals surface area contributed by atoms with E-state index in [1.54, 1.807) is 31.2 Å². The van der Waals surface area contributed by atoms with Gasteiger partial charge in [-0.05, 0) is 74.5 Å². The van der Waals surface area contributed by atoms with Crippen LogP contribution in [-0.2, 0) is 6.73 Å². The van der Waals surface area contributed by atoms with Crippen LogP contribution in [0, 0.1) is 17.8 Å². The lowest BCUT2D eigenvalue weighted by Crippen LogP contribution is -2.59. The quantitative estimate of drug-likeness (QED) is 0.753. The first-order valence-electron chi connectivity index (χ1n) is 10.8. The van der Waals surface area contributed by atoms with Crippen LogP contribution in [0.4, 0.5) is 0 Å². The molecule has 0 unspecified atom stereocenters. The van der Waals surface area contributed by atoms with Crippen LogP contribution < -0.4 is 19.5 Å². The van der Waals surface area contributed by atoms with E-state index in [0.29, 0.717) is 22.9 Å². The smallest absolute Gasteiger partial charge is 0.272 e. The molecule has 4 fully saturated rings. The molecular formula is C23H29N3O4. The molecule has 0 radical (unpaired) electrons. The van der Waals surface area contributed by atoms with Gasteiger partial charge in [0, 0.05) is 11.7 Å². The summed E-state index contributed by atoms with van der Waals surface area (Å²) in [5.74, 6) is 3.97. The largest absolute Gasteiger partial charge is 0.493 e. The molecule has 1 N–H and O–H groups in total. The molecule has 0 atom stereocenters. The number of nitrogens with zero attached hydrogens (tertiary/aromatic N) is 2. The Labute approximate surface area is 176 Å². The van der Waals surface area contributed by atoms with Gasteiger partial charge in [-0.1, -0.05) is 6.07 Å². The zero-order valence-corrected chi connectivity index (χ0v) is 17.6. The summed E-state index contributed by atoms with van der Waals surface area (Å²) in [4.78, 5) is 12.9. The maximum Gasteiger partial charge on any atom is 0.272 e. The van der Waals surface area contributed by atoms with Gasteiger partial charge < -0.3 is 19.5 Å². The Balaban J connectivity index is 1.25. The summed E-state index contributed by atoms with van der Waals surface area (Å²) in [6.07, 6.45) is 9.21. The minimum atomic E-state index is -0.0782. The number of rotatable bonds is 7. The van der Waals surface area contributed by atoms with Gasteiger partial charge in [0.2, 0.25) is 5.75 Å². The molecule has 6 rings (SSSR count). The predicted octanol–water partition coefficient (Wildman–Crippen LogP) is 3.64. The minimum Gasteiger partial charge on any atom is -0.493 e. The number of benzene rings is 1. The van der Waals surface area contributed by atoms with Crippen molar-refractivity contribution in [3.05, 3.63) is 36.2 Å². The van der Waals surface area contributed by atoms with Crippen molar-refractivity contribution in [1.29, 1.82) is 0 Å². The van der Waals surface area contributed by atoms with Crippen molar-refractivity contribution in [2.45, 2.75) is 50.8 Å². The average molecular weight is 412 g/mol. The third-order valence-electron chi connectivity index (χ3n) is 7.01. The van der Waals surface area contributed by atoms with Gasteiger partial charge in [-0.25, -0.2) is 4.68 Å². The zero-order valence-electron chi connectivity index (χ0n) is 17.6. The molecule has 0 aliphatic heterocycles. The Morgan fingerprint density at radius 2 is 1.67 bits per heavy atom. The van der Waals surface area contributed by atoms with Crippen molar-refractivity contribution in [3.8, 4) is 17.2 Å². The van der Waals surface area contributed by atoms with E-state index in [2.05, 4.69) is 10.4 Å². The number of carbonyl (C=O) groups is 1. The SMILES string of the molecule is COc1cccc(OC)c1OCn1ccc(C(=O)NC23CC4CC(CC(C4)C2)C3)n1. The van der Waals surface area contributed by atoms with Crippen molar-refractivity contribution in [1.82, 2.24) is 15.1 Å². The summed E-state index contributed by atoms with van der Waals surface area (Å²) < 4.78 is 18.2. The second-order valence-corrected chi connectivity index (χ2v) is 9.16. The highest BCUT2D eigenvalue weighted by molar-refractivity contribution is 5.92. The van der Waals surface area contributed by atoms with E-state index in [4.69, 9.17) is 14.2 Å². The molecule has 1 heterocycles. The predicted molar refractivity (Wildman–Crippen MR) is 111 cm³/mol. The summed E-state index contributed by atoms with van der Waals surface area (Å²) in [6.45, 7) is 0.154. The van der Waals surface area contributed by atoms with Crippen LogP contribution in [-0.4, -0.2) is 35.4 Å². The summed E-state index contributed by atoms with van der Waals surface area (Å²) in [5, 5.41) is 7.80. The van der Waals surface area contributed by atoms with E-state index >= 15 is 0 Å². The molecule has 160 valence electrons. The van der Waals surface area contributed by atoms with Crippen molar-refractivity contribution >= 4 is 5.91 Å². The average Bonchev–Trinajstić information content (AvgIpc) is 3.20. The van der Waals surface area contributed by atoms with Crippen molar-refractivity contribution in [2.75, 3.05) is 14.2 Å². The molecule has 4 aliphatic rings. The number of amides is 1. The highest BCUT2D eigenvalue weighted by Crippen LogP contribution is 2.55. The Morgan fingerprint density at radius 3 is 2.23 bits per heavy atom. The van der Waals surface area contributed by atoms with E-state index in [0.717, 1.165) is 37.0 Å². The highest BCUT2D eigenvalue weighted by atomic mass is 16.5. The lowest BCUT2D eigenvalue weighted by atomic mass is 9.53. The van der Waals surface area contributed by atoms with Gasteiger partial charge in [-0.15, -0.1) is 0 Å². The molecule has 7 nitrogen and oxygen atoms in total. The molecule has 30 heavy (non-hydrogen) atoms. The summed E-state index contributed by atoms with van der Waals surface area (Å²) >= 11 is 0. The van der Waals surface area contributed by atoms with E-state index in [1.807, 2.05) is 18.2 Å². The van der Waals surface area contributed by atoms with Gasteiger partial charge in [0.25, 0.3) is 5.91 Å². The van der Waals surface area contributed by atoms with Gasteiger partial charge in [-0.2, -0.15) is 5.10 Å². The molecule has 1 aromatic heterocycles. The van der Waals surface area contributed by atoms with Gasteiger partial charge in [0.15, 0.2) is 18.2 Å². The first-order chi connectivity index (χ1) is 14.6. The molecule has 4 saturated carbocycles. The van der Waals surface area contributed by atoms with Crippen LogP contribution in [0.3, 0.4) is 0 Å².